The minimum absolute atomic E-state index is 0.247. The summed E-state index contributed by atoms with van der Waals surface area (Å²) >= 11 is 0. The van der Waals surface area contributed by atoms with Gasteiger partial charge < -0.3 is 14.1 Å². The Morgan fingerprint density at radius 3 is 2.34 bits per heavy atom. The Bertz CT molecular complexity index is 1530. The van der Waals surface area contributed by atoms with E-state index in [0.717, 1.165) is 22.5 Å². The maximum absolute atomic E-state index is 13.1. The van der Waals surface area contributed by atoms with Crippen LogP contribution >= 0.6 is 0 Å². The van der Waals surface area contributed by atoms with E-state index in [9.17, 15) is 14.4 Å². The number of benzene rings is 3. The molecule has 32 heavy (non-hydrogen) atoms. The van der Waals surface area contributed by atoms with Crippen LogP contribution in [0, 0.1) is 0 Å². The number of fused-ring (bicyclic) bond motifs is 2. The number of hydrogen-bond acceptors (Lipinski definition) is 5. The van der Waals surface area contributed by atoms with Gasteiger partial charge in [0.2, 0.25) is 11.5 Å². The Kier molecular flexibility index (Phi) is 4.88. The number of carbonyl (C=O) groups excluding carboxylic acids is 2. The van der Waals surface area contributed by atoms with Crippen molar-refractivity contribution >= 4 is 33.6 Å². The van der Waals surface area contributed by atoms with Crippen molar-refractivity contribution in [3.05, 3.63) is 106 Å². The van der Waals surface area contributed by atoms with E-state index < -0.39 is 12.6 Å². The van der Waals surface area contributed by atoms with Gasteiger partial charge >= 0.3 is 5.97 Å². The van der Waals surface area contributed by atoms with E-state index in [1.165, 1.54) is 0 Å². The van der Waals surface area contributed by atoms with Crippen molar-refractivity contribution in [3.63, 3.8) is 0 Å². The molecule has 0 aliphatic heterocycles. The van der Waals surface area contributed by atoms with Crippen molar-refractivity contribution < 1.29 is 18.7 Å². The van der Waals surface area contributed by atoms with Crippen molar-refractivity contribution in [2.45, 2.75) is 0 Å². The van der Waals surface area contributed by atoms with Crippen LogP contribution in [0.1, 0.15) is 20.9 Å². The normalized spacial score (nSPS) is 11.0. The molecule has 2 aromatic heterocycles. The Morgan fingerprint density at radius 1 is 0.844 bits per heavy atom. The fraction of sp³-hybridized carbons (Fsp3) is 0.0385. The Balaban J connectivity index is 1.45. The summed E-state index contributed by atoms with van der Waals surface area (Å²) in [5.74, 6) is -1.48. The number of ketones is 1. The van der Waals surface area contributed by atoms with Crippen LogP contribution in [0.4, 0.5) is 0 Å². The summed E-state index contributed by atoms with van der Waals surface area (Å²) in [6.45, 7) is -0.489. The summed E-state index contributed by atoms with van der Waals surface area (Å²) in [5, 5.41) is 1.11. The highest BCUT2D eigenvalue weighted by molar-refractivity contribution is 6.14. The molecule has 0 fully saturated rings. The molecule has 0 spiro atoms. The largest absolute Gasteiger partial charge is 0.451 e. The molecule has 0 saturated heterocycles. The van der Waals surface area contributed by atoms with Gasteiger partial charge in [0.1, 0.15) is 5.58 Å². The maximum Gasteiger partial charge on any atom is 0.374 e. The number of H-pyrrole nitrogens is 1. The molecular formula is C26H17NO5. The van der Waals surface area contributed by atoms with Crippen LogP contribution in [0.15, 0.2) is 94.1 Å². The van der Waals surface area contributed by atoms with Crippen LogP contribution in [0.2, 0.25) is 0 Å². The van der Waals surface area contributed by atoms with E-state index in [2.05, 4.69) is 4.98 Å². The molecule has 0 bridgehead atoms. The molecule has 0 aliphatic rings. The van der Waals surface area contributed by atoms with Crippen molar-refractivity contribution in [1.82, 2.24) is 4.98 Å². The van der Waals surface area contributed by atoms with Crippen molar-refractivity contribution in [2.24, 2.45) is 0 Å². The standard InChI is InChI=1S/C26H17NO5/c28-20-14-23(32-22-13-7-5-11-18(20)22)26(30)31-15-21(29)24-17-10-4-6-12-19(17)27-25(24)16-8-2-1-3-9-16/h1-14,27H,15H2. The third-order valence-electron chi connectivity index (χ3n) is 5.22. The summed E-state index contributed by atoms with van der Waals surface area (Å²) in [5.41, 5.74) is 2.68. The van der Waals surface area contributed by atoms with Crippen LogP contribution in [0.3, 0.4) is 0 Å². The zero-order valence-corrected chi connectivity index (χ0v) is 16.8. The number of ether oxygens (including phenoxy) is 1. The summed E-state index contributed by atoms with van der Waals surface area (Å²) < 4.78 is 10.7. The Labute approximate surface area is 182 Å². The fourth-order valence-corrected chi connectivity index (χ4v) is 3.73. The first-order valence-corrected chi connectivity index (χ1v) is 10.0. The first-order chi connectivity index (χ1) is 15.6. The van der Waals surface area contributed by atoms with Crippen LogP contribution in [-0.2, 0) is 4.74 Å². The highest BCUT2D eigenvalue weighted by atomic mass is 16.5. The SMILES string of the molecule is O=C(OCC(=O)c1c(-c2ccccc2)[nH]c2ccccc12)c1cc(=O)c2ccccc2o1. The lowest BCUT2D eigenvalue weighted by molar-refractivity contribution is 0.0445. The van der Waals surface area contributed by atoms with Crippen molar-refractivity contribution in [3.8, 4) is 11.3 Å². The maximum atomic E-state index is 13.1. The predicted octanol–water partition coefficient (Wildman–Crippen LogP) is 4.98. The summed E-state index contributed by atoms with van der Waals surface area (Å²) in [4.78, 5) is 41.2. The van der Waals surface area contributed by atoms with Gasteiger partial charge in [-0.25, -0.2) is 4.79 Å². The molecule has 2 heterocycles. The van der Waals surface area contributed by atoms with Gasteiger partial charge in [-0.05, 0) is 23.8 Å². The zero-order chi connectivity index (χ0) is 22.1. The number of nitrogens with one attached hydrogen (secondary N) is 1. The average Bonchev–Trinajstić information content (AvgIpc) is 3.22. The molecular weight excluding hydrogens is 406 g/mol. The number of hydrogen-bond donors (Lipinski definition) is 1. The molecule has 0 aliphatic carbocycles. The molecule has 156 valence electrons. The average molecular weight is 423 g/mol. The highest BCUT2D eigenvalue weighted by Gasteiger charge is 2.22. The Morgan fingerprint density at radius 2 is 1.53 bits per heavy atom. The van der Waals surface area contributed by atoms with E-state index in [4.69, 9.17) is 9.15 Å². The summed E-state index contributed by atoms with van der Waals surface area (Å²) in [7, 11) is 0. The number of aromatic nitrogens is 1. The third-order valence-corrected chi connectivity index (χ3v) is 5.22. The van der Waals surface area contributed by atoms with Gasteiger partial charge in [0.15, 0.2) is 12.0 Å². The fourth-order valence-electron chi connectivity index (χ4n) is 3.73. The molecule has 6 nitrogen and oxygen atoms in total. The third kappa shape index (κ3) is 3.48. The lowest BCUT2D eigenvalue weighted by Crippen LogP contribution is -2.16. The first-order valence-electron chi connectivity index (χ1n) is 10.0. The van der Waals surface area contributed by atoms with Gasteiger partial charge in [0, 0.05) is 17.0 Å². The van der Waals surface area contributed by atoms with E-state index >= 15 is 0 Å². The number of esters is 1. The second-order valence-corrected chi connectivity index (χ2v) is 7.26. The van der Waals surface area contributed by atoms with Crippen LogP contribution in [0.5, 0.6) is 0 Å². The van der Waals surface area contributed by atoms with Crippen LogP contribution < -0.4 is 5.43 Å². The van der Waals surface area contributed by atoms with Crippen molar-refractivity contribution in [2.75, 3.05) is 6.61 Å². The topological polar surface area (TPSA) is 89.4 Å². The van der Waals surface area contributed by atoms with Crippen molar-refractivity contribution in [1.29, 1.82) is 0 Å². The highest BCUT2D eigenvalue weighted by Crippen LogP contribution is 2.30. The van der Waals surface area contributed by atoms with E-state index in [1.54, 1.807) is 24.3 Å². The second kappa shape index (κ2) is 8.00. The minimum atomic E-state index is -0.873. The molecule has 0 unspecified atom stereocenters. The number of carbonyl (C=O) groups is 2. The zero-order valence-electron chi connectivity index (χ0n) is 16.8. The number of aromatic amines is 1. The minimum Gasteiger partial charge on any atom is -0.451 e. The van der Waals surface area contributed by atoms with Gasteiger partial charge in [0.05, 0.1) is 16.6 Å². The second-order valence-electron chi connectivity index (χ2n) is 7.26. The van der Waals surface area contributed by atoms with E-state index in [-0.39, 0.29) is 22.6 Å². The van der Waals surface area contributed by atoms with Gasteiger partial charge in [-0.15, -0.1) is 0 Å². The lowest BCUT2D eigenvalue weighted by Gasteiger charge is -2.07. The lowest BCUT2D eigenvalue weighted by atomic mass is 10.0. The van der Waals surface area contributed by atoms with Crippen LogP contribution in [0.25, 0.3) is 33.1 Å². The molecule has 0 atom stereocenters. The number of para-hydroxylation sites is 2. The Hall–Kier alpha value is -4.45. The van der Waals surface area contributed by atoms with E-state index in [0.29, 0.717) is 16.6 Å². The molecule has 1 N–H and O–H groups in total. The van der Waals surface area contributed by atoms with Gasteiger partial charge in [-0.1, -0.05) is 60.7 Å². The summed E-state index contributed by atoms with van der Waals surface area (Å²) in [6.07, 6.45) is 0. The number of rotatable bonds is 5. The molecule has 0 radical (unpaired) electrons. The monoisotopic (exact) mass is 423 g/mol. The molecule has 5 rings (SSSR count). The predicted molar refractivity (Wildman–Crippen MR) is 121 cm³/mol. The molecule has 6 heteroatoms. The first kappa shape index (κ1) is 19.5. The van der Waals surface area contributed by atoms with Gasteiger partial charge in [0.25, 0.3) is 0 Å². The number of Topliss-reactive ketones (excluding diaryl/α,β-unsaturated/α-hetero) is 1. The van der Waals surface area contributed by atoms with Gasteiger partial charge in [-0.3, -0.25) is 9.59 Å². The smallest absolute Gasteiger partial charge is 0.374 e. The molecule has 0 amide bonds. The van der Waals surface area contributed by atoms with Crippen LogP contribution in [-0.4, -0.2) is 23.3 Å². The molecule has 0 saturated carbocycles. The molecule has 3 aromatic carbocycles. The quantitative estimate of drug-likeness (QED) is 0.318. The van der Waals surface area contributed by atoms with Gasteiger partial charge in [-0.2, -0.15) is 0 Å². The summed E-state index contributed by atoms with van der Waals surface area (Å²) in [6, 6.07) is 24.6. The van der Waals surface area contributed by atoms with E-state index in [1.807, 2.05) is 54.6 Å². The molecule has 5 aromatic rings.